The van der Waals surface area contributed by atoms with Crippen molar-refractivity contribution in [1.82, 2.24) is 4.98 Å². The second-order valence-corrected chi connectivity index (χ2v) is 8.43. The molecule has 130 valence electrons. The van der Waals surface area contributed by atoms with Crippen molar-refractivity contribution in [2.45, 2.75) is 16.2 Å². The van der Waals surface area contributed by atoms with Crippen molar-refractivity contribution >= 4 is 29.1 Å². The Hall–Kier alpha value is -2.38. The first-order chi connectivity index (χ1) is 12.6. The highest BCUT2D eigenvalue weighted by atomic mass is 32.2. The molecule has 1 N–H and O–H groups in total. The number of rotatable bonds is 1. The van der Waals surface area contributed by atoms with Gasteiger partial charge in [-0.05, 0) is 23.8 Å². The Morgan fingerprint density at radius 2 is 1.81 bits per heavy atom. The Morgan fingerprint density at radius 3 is 2.62 bits per heavy atom. The number of esters is 1. The van der Waals surface area contributed by atoms with E-state index in [2.05, 4.69) is 4.98 Å². The molecule has 0 saturated heterocycles. The van der Waals surface area contributed by atoms with Gasteiger partial charge in [-0.15, -0.1) is 0 Å². The minimum absolute atomic E-state index is 0.141. The lowest BCUT2D eigenvalue weighted by Crippen LogP contribution is -2.37. The van der Waals surface area contributed by atoms with Gasteiger partial charge in [0, 0.05) is 16.4 Å². The molecule has 2 aliphatic rings. The van der Waals surface area contributed by atoms with E-state index in [4.69, 9.17) is 4.74 Å². The highest BCUT2D eigenvalue weighted by Crippen LogP contribution is 2.58. The smallest absolute Gasteiger partial charge is 0.316 e. The second-order valence-electron chi connectivity index (χ2n) is 6.26. The highest BCUT2D eigenvalue weighted by molar-refractivity contribution is 7.99. The maximum absolute atomic E-state index is 13.4. The number of aromatic nitrogens is 1. The van der Waals surface area contributed by atoms with Crippen LogP contribution in [0.2, 0.25) is 0 Å². The van der Waals surface area contributed by atoms with Crippen molar-refractivity contribution in [3.05, 3.63) is 80.0 Å². The number of fused-ring (bicyclic) bond motifs is 5. The molecule has 0 radical (unpaired) electrons. The lowest BCUT2D eigenvalue weighted by molar-refractivity contribution is -0.140. The largest absolute Gasteiger partial charge is 0.426 e. The molecule has 2 aliphatic heterocycles. The quantitative estimate of drug-likeness (QED) is 0.506. The summed E-state index contributed by atoms with van der Waals surface area (Å²) in [6.45, 7) is 0. The van der Waals surface area contributed by atoms with Crippen LogP contribution in [-0.2, 0) is 4.79 Å². The van der Waals surface area contributed by atoms with E-state index < -0.39 is 5.92 Å². The van der Waals surface area contributed by atoms with Gasteiger partial charge < -0.3 is 9.72 Å². The van der Waals surface area contributed by atoms with Crippen molar-refractivity contribution in [3.8, 4) is 5.75 Å². The van der Waals surface area contributed by atoms with E-state index in [1.54, 1.807) is 18.2 Å². The third-order valence-corrected chi connectivity index (χ3v) is 7.26. The van der Waals surface area contributed by atoms with Crippen LogP contribution in [0.3, 0.4) is 0 Å². The Balaban J connectivity index is 1.73. The van der Waals surface area contributed by atoms with Crippen molar-refractivity contribution in [3.63, 3.8) is 0 Å². The average molecular weight is 385 g/mol. The van der Waals surface area contributed by atoms with Gasteiger partial charge in [-0.2, -0.15) is 0 Å². The lowest BCUT2D eigenvalue weighted by Gasteiger charge is -2.39. The Labute approximate surface area is 156 Å². The Morgan fingerprint density at radius 1 is 1.04 bits per heavy atom. The van der Waals surface area contributed by atoms with Crippen LogP contribution in [-0.4, -0.2) is 11.0 Å². The number of carbonyl (C=O) groups excluding carboxylic acids is 1. The topological polar surface area (TPSA) is 59.2 Å². The summed E-state index contributed by atoms with van der Waals surface area (Å²) in [6.07, 6.45) is 0. The van der Waals surface area contributed by atoms with Gasteiger partial charge in [-0.3, -0.25) is 9.59 Å². The monoisotopic (exact) mass is 385 g/mol. The SMILES string of the molecule is O=C1Oc2ccccc2[C@@H]2c3sc(=O)[nH]c3S[C@@H](c3ccc(F)cc3)[C@@H]12. The predicted octanol–water partition coefficient (Wildman–Crippen LogP) is 4.09. The molecular formula is C19H12FNO3S2. The minimum Gasteiger partial charge on any atom is -0.426 e. The zero-order valence-electron chi connectivity index (χ0n) is 13.3. The number of H-pyrrole nitrogens is 1. The number of aromatic amines is 1. The molecule has 0 aliphatic carbocycles. The highest BCUT2D eigenvalue weighted by Gasteiger charge is 2.49. The summed E-state index contributed by atoms with van der Waals surface area (Å²) in [4.78, 5) is 28.5. The van der Waals surface area contributed by atoms with E-state index in [-0.39, 0.29) is 27.8 Å². The maximum atomic E-state index is 13.4. The third kappa shape index (κ3) is 2.34. The molecule has 5 rings (SSSR count). The number of hydrogen-bond acceptors (Lipinski definition) is 5. The normalized spacial score (nSPS) is 23.6. The molecule has 3 heterocycles. The number of nitrogens with one attached hydrogen (secondary N) is 1. The van der Waals surface area contributed by atoms with Gasteiger partial charge in [-0.25, -0.2) is 4.39 Å². The number of thiazole rings is 1. The van der Waals surface area contributed by atoms with Gasteiger partial charge in [0.15, 0.2) is 0 Å². The molecule has 0 bridgehead atoms. The molecule has 2 aromatic carbocycles. The van der Waals surface area contributed by atoms with Crippen LogP contribution in [0.5, 0.6) is 5.75 Å². The Bertz CT molecular complexity index is 1070. The molecule has 3 aromatic rings. The first-order valence-corrected chi connectivity index (χ1v) is 9.77. The summed E-state index contributed by atoms with van der Waals surface area (Å²) in [5.74, 6) is -0.827. The zero-order chi connectivity index (χ0) is 17.8. The van der Waals surface area contributed by atoms with Crippen LogP contribution in [0.25, 0.3) is 0 Å². The zero-order valence-corrected chi connectivity index (χ0v) is 14.9. The van der Waals surface area contributed by atoms with Crippen LogP contribution in [0.4, 0.5) is 4.39 Å². The summed E-state index contributed by atoms with van der Waals surface area (Å²) in [5, 5.41) is 0.513. The van der Waals surface area contributed by atoms with E-state index in [0.29, 0.717) is 5.75 Å². The van der Waals surface area contributed by atoms with Gasteiger partial charge in [-0.1, -0.05) is 53.4 Å². The Kier molecular flexibility index (Phi) is 3.55. The molecule has 0 saturated carbocycles. The van der Waals surface area contributed by atoms with Crippen LogP contribution in [0.1, 0.15) is 27.2 Å². The summed E-state index contributed by atoms with van der Waals surface area (Å²) in [6, 6.07) is 13.6. The summed E-state index contributed by atoms with van der Waals surface area (Å²) >= 11 is 2.57. The molecule has 7 heteroatoms. The van der Waals surface area contributed by atoms with Crippen molar-refractivity contribution in [1.29, 1.82) is 0 Å². The van der Waals surface area contributed by atoms with Gasteiger partial charge >= 0.3 is 10.8 Å². The van der Waals surface area contributed by atoms with Crippen molar-refractivity contribution in [2.75, 3.05) is 0 Å². The van der Waals surface area contributed by atoms with E-state index in [1.807, 2.05) is 18.2 Å². The van der Waals surface area contributed by atoms with E-state index in [0.717, 1.165) is 32.4 Å². The van der Waals surface area contributed by atoms with Gasteiger partial charge in [0.1, 0.15) is 11.6 Å². The van der Waals surface area contributed by atoms with E-state index in [1.165, 1.54) is 23.9 Å². The first kappa shape index (κ1) is 15.8. The number of benzene rings is 2. The number of ether oxygens (including phenoxy) is 1. The molecular weight excluding hydrogens is 373 g/mol. The van der Waals surface area contributed by atoms with Crippen LogP contribution < -0.4 is 9.61 Å². The van der Waals surface area contributed by atoms with Crippen LogP contribution in [0.15, 0.2) is 58.4 Å². The average Bonchev–Trinajstić information content (AvgIpc) is 3.01. The van der Waals surface area contributed by atoms with Crippen LogP contribution in [0, 0.1) is 11.7 Å². The summed E-state index contributed by atoms with van der Waals surface area (Å²) < 4.78 is 18.9. The summed E-state index contributed by atoms with van der Waals surface area (Å²) in [5.41, 5.74) is 1.74. The molecule has 0 amide bonds. The molecule has 1 aromatic heterocycles. The fourth-order valence-electron chi connectivity index (χ4n) is 3.69. The molecule has 0 unspecified atom stereocenters. The number of hydrogen-bond donors (Lipinski definition) is 1. The molecule has 3 atom stereocenters. The first-order valence-electron chi connectivity index (χ1n) is 8.07. The molecule has 0 spiro atoms. The maximum Gasteiger partial charge on any atom is 0.316 e. The van der Waals surface area contributed by atoms with Crippen molar-refractivity contribution in [2.24, 2.45) is 5.92 Å². The summed E-state index contributed by atoms with van der Waals surface area (Å²) in [7, 11) is 0. The second kappa shape index (κ2) is 5.82. The predicted molar refractivity (Wildman–Crippen MR) is 97.3 cm³/mol. The van der Waals surface area contributed by atoms with Crippen molar-refractivity contribution < 1.29 is 13.9 Å². The van der Waals surface area contributed by atoms with Gasteiger partial charge in [0.05, 0.1) is 16.2 Å². The van der Waals surface area contributed by atoms with Crippen LogP contribution >= 0.6 is 23.1 Å². The fraction of sp³-hybridized carbons (Fsp3) is 0.158. The van der Waals surface area contributed by atoms with Gasteiger partial charge in [0.25, 0.3) is 0 Å². The minimum atomic E-state index is -0.473. The van der Waals surface area contributed by atoms with E-state index in [9.17, 15) is 14.0 Å². The lowest BCUT2D eigenvalue weighted by atomic mass is 9.78. The van der Waals surface area contributed by atoms with E-state index >= 15 is 0 Å². The molecule has 4 nitrogen and oxygen atoms in total. The fourth-order valence-corrected chi connectivity index (χ4v) is 6.27. The number of halogens is 1. The molecule has 0 fully saturated rings. The number of carbonyl (C=O) groups is 1. The number of para-hydroxylation sites is 1. The molecule has 26 heavy (non-hydrogen) atoms. The number of thioether (sulfide) groups is 1. The third-order valence-electron chi connectivity index (χ3n) is 4.79. The van der Waals surface area contributed by atoms with Gasteiger partial charge in [0.2, 0.25) is 0 Å². The standard InChI is InChI=1S/C19H12FNO3S2/c20-10-7-5-9(6-8-10)15-14-13(16-17(25-15)21-19(23)26-16)11-3-1-2-4-12(11)24-18(14)22/h1-8,13-15H,(H,21,23)/t13-,14-,15-/m0/s1.